The maximum atomic E-state index is 11.7. The number of hydrogen-bond donors (Lipinski definition) is 2. The van der Waals surface area contributed by atoms with E-state index in [-0.39, 0.29) is 11.6 Å². The van der Waals surface area contributed by atoms with Gasteiger partial charge in [-0.05, 0) is 64.7 Å². The molecule has 6 heteroatoms. The lowest BCUT2D eigenvalue weighted by atomic mass is 10.00. The van der Waals surface area contributed by atoms with Gasteiger partial charge in [-0.15, -0.1) is 0 Å². The molecule has 174 valence electrons. The summed E-state index contributed by atoms with van der Waals surface area (Å²) in [6.07, 6.45) is 0. The lowest BCUT2D eigenvalue weighted by molar-refractivity contribution is 0.0696. The number of carbonyl (C=O) groups is 1. The second-order valence-electron chi connectivity index (χ2n) is 7.99. The van der Waals surface area contributed by atoms with E-state index in [0.29, 0.717) is 35.2 Å². The van der Waals surface area contributed by atoms with E-state index in [2.05, 4.69) is 42.6 Å². The minimum absolute atomic E-state index is 0.136. The summed E-state index contributed by atoms with van der Waals surface area (Å²) in [4.78, 5) is 11.7. The molecule has 0 amide bonds. The number of rotatable bonds is 9. The molecule has 4 aromatic carbocycles. The van der Waals surface area contributed by atoms with Crippen molar-refractivity contribution >= 4 is 28.3 Å². The minimum Gasteiger partial charge on any atom is -0.495 e. The fraction of sp³-hybridized carbons (Fsp3) is 0.179. The molecule has 0 aliphatic rings. The molecule has 0 aliphatic heterocycles. The van der Waals surface area contributed by atoms with Crippen LogP contribution in [0.15, 0.2) is 78.9 Å². The number of fused-ring (bicyclic) bond motifs is 1. The zero-order valence-corrected chi connectivity index (χ0v) is 19.8. The van der Waals surface area contributed by atoms with Crippen molar-refractivity contribution in [1.82, 2.24) is 5.32 Å². The number of carboxylic acids is 1. The molecule has 34 heavy (non-hydrogen) atoms. The highest BCUT2D eigenvalue weighted by molar-refractivity contribution is 6.32. The van der Waals surface area contributed by atoms with Crippen molar-refractivity contribution in [3.05, 3.63) is 95.0 Å². The Hall–Kier alpha value is -3.54. The second kappa shape index (κ2) is 10.6. The van der Waals surface area contributed by atoms with Crippen molar-refractivity contribution < 1.29 is 19.4 Å². The standard InChI is InChI=1S/C28H26ClNO4/c1-18(24-9-5-7-19-6-3-4-8-25(19)24)30-12-13-34-23-15-21(14-22(16-23)28(31)32)20-10-11-27(33-2)26(29)17-20/h3-11,14-18,30H,12-13H2,1-2H3,(H,31,32)/t18-/m1/s1. The van der Waals surface area contributed by atoms with Gasteiger partial charge in [-0.3, -0.25) is 0 Å². The van der Waals surface area contributed by atoms with Crippen LogP contribution < -0.4 is 14.8 Å². The van der Waals surface area contributed by atoms with Gasteiger partial charge in [-0.2, -0.15) is 0 Å². The van der Waals surface area contributed by atoms with E-state index in [1.807, 2.05) is 24.3 Å². The van der Waals surface area contributed by atoms with Crippen LogP contribution in [-0.4, -0.2) is 31.3 Å². The van der Waals surface area contributed by atoms with Gasteiger partial charge in [0.1, 0.15) is 18.1 Å². The number of ether oxygens (including phenoxy) is 2. The van der Waals surface area contributed by atoms with Crippen LogP contribution >= 0.6 is 11.6 Å². The van der Waals surface area contributed by atoms with Crippen LogP contribution in [0.3, 0.4) is 0 Å². The topological polar surface area (TPSA) is 67.8 Å². The summed E-state index contributed by atoms with van der Waals surface area (Å²) in [6, 6.07) is 25.1. The molecule has 4 rings (SSSR count). The molecule has 0 spiro atoms. The molecule has 2 N–H and O–H groups in total. The van der Waals surface area contributed by atoms with E-state index in [4.69, 9.17) is 21.1 Å². The summed E-state index contributed by atoms with van der Waals surface area (Å²) in [7, 11) is 1.55. The van der Waals surface area contributed by atoms with E-state index in [1.165, 1.54) is 22.4 Å². The Labute approximate surface area is 203 Å². The summed E-state index contributed by atoms with van der Waals surface area (Å²) in [5, 5.41) is 15.9. The predicted octanol–water partition coefficient (Wildman–Crippen LogP) is 6.60. The van der Waals surface area contributed by atoms with Crippen LogP contribution in [0, 0.1) is 0 Å². The number of methoxy groups -OCH3 is 1. The van der Waals surface area contributed by atoms with Crippen molar-refractivity contribution in [2.75, 3.05) is 20.3 Å². The minimum atomic E-state index is -1.02. The van der Waals surface area contributed by atoms with Crippen molar-refractivity contribution in [3.63, 3.8) is 0 Å². The molecule has 0 saturated heterocycles. The summed E-state index contributed by atoms with van der Waals surface area (Å²) in [5.74, 6) is 0.0261. The van der Waals surface area contributed by atoms with E-state index in [1.54, 1.807) is 25.3 Å². The second-order valence-corrected chi connectivity index (χ2v) is 8.40. The molecular formula is C28H26ClNO4. The summed E-state index contributed by atoms with van der Waals surface area (Å²) >= 11 is 6.26. The molecule has 0 radical (unpaired) electrons. The predicted molar refractivity (Wildman–Crippen MR) is 136 cm³/mol. The first-order valence-electron chi connectivity index (χ1n) is 11.0. The number of carboxylic acid groups (broad SMARTS) is 1. The number of aromatic carboxylic acids is 1. The summed E-state index contributed by atoms with van der Waals surface area (Å²) in [5.41, 5.74) is 2.86. The maximum absolute atomic E-state index is 11.7. The lowest BCUT2D eigenvalue weighted by Crippen LogP contribution is -2.24. The molecule has 0 saturated carbocycles. The smallest absolute Gasteiger partial charge is 0.335 e. The molecule has 0 unspecified atom stereocenters. The van der Waals surface area contributed by atoms with Crippen LogP contribution in [0.2, 0.25) is 5.02 Å². The monoisotopic (exact) mass is 475 g/mol. The Balaban J connectivity index is 1.45. The van der Waals surface area contributed by atoms with Crippen molar-refractivity contribution in [2.45, 2.75) is 13.0 Å². The van der Waals surface area contributed by atoms with Crippen LogP contribution in [-0.2, 0) is 0 Å². The van der Waals surface area contributed by atoms with Crippen molar-refractivity contribution in [3.8, 4) is 22.6 Å². The molecule has 0 aliphatic carbocycles. The Kier molecular flexibility index (Phi) is 7.36. The third kappa shape index (κ3) is 5.33. The number of nitrogens with one attached hydrogen (secondary N) is 1. The largest absolute Gasteiger partial charge is 0.495 e. The molecule has 4 aromatic rings. The van der Waals surface area contributed by atoms with Crippen LogP contribution in [0.25, 0.3) is 21.9 Å². The first-order chi connectivity index (χ1) is 16.5. The first-order valence-corrected chi connectivity index (χ1v) is 11.4. The first kappa shape index (κ1) is 23.6. The third-order valence-corrected chi connectivity index (χ3v) is 6.05. The van der Waals surface area contributed by atoms with E-state index in [9.17, 15) is 9.90 Å². The van der Waals surface area contributed by atoms with E-state index >= 15 is 0 Å². The normalized spacial score (nSPS) is 11.9. The molecule has 0 bridgehead atoms. The van der Waals surface area contributed by atoms with Gasteiger partial charge in [0, 0.05) is 12.6 Å². The van der Waals surface area contributed by atoms with Gasteiger partial charge in [-0.25, -0.2) is 4.79 Å². The van der Waals surface area contributed by atoms with Gasteiger partial charge in [0.2, 0.25) is 0 Å². The zero-order chi connectivity index (χ0) is 24.1. The Morgan fingerprint density at radius 1 is 1.00 bits per heavy atom. The Bertz CT molecular complexity index is 1320. The quantitative estimate of drug-likeness (QED) is 0.267. The highest BCUT2D eigenvalue weighted by Crippen LogP contribution is 2.32. The molecule has 5 nitrogen and oxygen atoms in total. The van der Waals surface area contributed by atoms with Gasteiger partial charge in [0.15, 0.2) is 0 Å². The van der Waals surface area contributed by atoms with Crippen LogP contribution in [0.1, 0.15) is 28.9 Å². The maximum Gasteiger partial charge on any atom is 0.335 e. The molecular weight excluding hydrogens is 450 g/mol. The lowest BCUT2D eigenvalue weighted by Gasteiger charge is -2.17. The zero-order valence-electron chi connectivity index (χ0n) is 19.0. The Morgan fingerprint density at radius 2 is 1.79 bits per heavy atom. The summed E-state index contributed by atoms with van der Waals surface area (Å²) in [6.45, 7) is 3.12. The van der Waals surface area contributed by atoms with Crippen LogP contribution in [0.4, 0.5) is 0 Å². The average Bonchev–Trinajstić information content (AvgIpc) is 2.85. The summed E-state index contributed by atoms with van der Waals surface area (Å²) < 4.78 is 11.1. The van der Waals surface area contributed by atoms with Gasteiger partial charge in [0.05, 0.1) is 17.7 Å². The van der Waals surface area contributed by atoms with Crippen molar-refractivity contribution in [2.24, 2.45) is 0 Å². The van der Waals surface area contributed by atoms with Gasteiger partial charge < -0.3 is 19.9 Å². The van der Waals surface area contributed by atoms with Gasteiger partial charge in [-0.1, -0.05) is 60.1 Å². The van der Waals surface area contributed by atoms with Gasteiger partial charge in [0.25, 0.3) is 0 Å². The third-order valence-electron chi connectivity index (χ3n) is 5.75. The average molecular weight is 476 g/mol. The molecule has 1 atom stereocenters. The highest BCUT2D eigenvalue weighted by Gasteiger charge is 2.12. The van der Waals surface area contributed by atoms with E-state index < -0.39 is 5.97 Å². The SMILES string of the molecule is COc1ccc(-c2cc(OCCN[C@H](C)c3cccc4ccccc34)cc(C(=O)O)c2)cc1Cl. The number of benzene rings is 4. The molecule has 0 heterocycles. The number of halogens is 1. The van der Waals surface area contributed by atoms with Gasteiger partial charge >= 0.3 is 5.97 Å². The number of hydrogen-bond acceptors (Lipinski definition) is 4. The fourth-order valence-corrected chi connectivity index (χ4v) is 4.26. The van der Waals surface area contributed by atoms with Crippen molar-refractivity contribution in [1.29, 1.82) is 0 Å². The van der Waals surface area contributed by atoms with E-state index in [0.717, 1.165) is 5.56 Å². The fourth-order valence-electron chi connectivity index (χ4n) is 4.00. The van der Waals surface area contributed by atoms with Crippen LogP contribution in [0.5, 0.6) is 11.5 Å². The highest BCUT2D eigenvalue weighted by atomic mass is 35.5. The Morgan fingerprint density at radius 3 is 2.56 bits per heavy atom. The molecule has 0 aromatic heterocycles. The molecule has 0 fully saturated rings.